The zero-order valence-electron chi connectivity index (χ0n) is 8.71. The smallest absolute Gasteiger partial charge is 0.215 e. The first-order chi connectivity index (χ1) is 7.81. The maximum atomic E-state index is 5.69. The number of rotatable bonds is 2. The summed E-state index contributed by atoms with van der Waals surface area (Å²) in [5, 5.41) is 0. The van der Waals surface area contributed by atoms with Gasteiger partial charge in [-0.25, -0.2) is 4.98 Å². The second-order valence-corrected chi connectivity index (χ2v) is 4.02. The van der Waals surface area contributed by atoms with Crippen molar-refractivity contribution in [3.8, 4) is 5.88 Å². The van der Waals surface area contributed by atoms with Crippen LogP contribution in [0.25, 0.3) is 11.2 Å². The molecular weight excluding hydrogens is 204 g/mol. The minimum atomic E-state index is 0.205. The highest BCUT2D eigenvalue weighted by atomic mass is 16.5. The van der Waals surface area contributed by atoms with E-state index in [1.165, 1.54) is 0 Å². The Morgan fingerprint density at radius 3 is 2.81 bits per heavy atom. The van der Waals surface area contributed by atoms with Gasteiger partial charge >= 0.3 is 0 Å². The number of pyridine rings is 1. The lowest BCUT2D eigenvalue weighted by Gasteiger charge is -2.32. The molecule has 0 radical (unpaired) electrons. The molecule has 0 atom stereocenters. The van der Waals surface area contributed by atoms with E-state index in [9.17, 15) is 0 Å². The van der Waals surface area contributed by atoms with Gasteiger partial charge in [0.05, 0.1) is 0 Å². The Bertz CT molecular complexity index is 510. The lowest BCUT2D eigenvalue weighted by molar-refractivity contribution is 0.0962. The molecule has 0 bridgehead atoms. The molecule has 0 unspecified atom stereocenters. The number of nitrogens with two attached hydrogens (primary N) is 1. The van der Waals surface area contributed by atoms with Gasteiger partial charge in [0, 0.05) is 24.5 Å². The van der Waals surface area contributed by atoms with E-state index in [0.717, 1.165) is 18.4 Å². The van der Waals surface area contributed by atoms with Gasteiger partial charge in [-0.05, 0) is 18.9 Å². The van der Waals surface area contributed by atoms with Crippen molar-refractivity contribution in [1.82, 2.24) is 15.0 Å². The van der Waals surface area contributed by atoms with Crippen LogP contribution in [0, 0.1) is 0 Å². The van der Waals surface area contributed by atoms with Gasteiger partial charge in [0.1, 0.15) is 11.6 Å². The average Bonchev–Trinajstić information content (AvgIpc) is 2.27. The monoisotopic (exact) mass is 216 g/mol. The Morgan fingerprint density at radius 1 is 1.19 bits per heavy atom. The Morgan fingerprint density at radius 2 is 2.00 bits per heavy atom. The molecule has 2 aromatic heterocycles. The number of fused-ring (bicyclic) bond motifs is 1. The average molecular weight is 216 g/mol. The highest BCUT2D eigenvalue weighted by Crippen LogP contribution is 2.23. The molecule has 82 valence electrons. The summed E-state index contributed by atoms with van der Waals surface area (Å²) < 4.78 is 5.67. The van der Waals surface area contributed by atoms with Gasteiger partial charge in [-0.3, -0.25) is 4.98 Å². The van der Waals surface area contributed by atoms with Crippen LogP contribution in [0.2, 0.25) is 0 Å². The van der Waals surface area contributed by atoms with Crippen LogP contribution < -0.4 is 10.5 Å². The van der Waals surface area contributed by atoms with Gasteiger partial charge in [0.25, 0.3) is 0 Å². The molecule has 5 nitrogen and oxygen atoms in total. The molecule has 3 rings (SSSR count). The zero-order chi connectivity index (χ0) is 11.0. The van der Waals surface area contributed by atoms with Crippen molar-refractivity contribution < 1.29 is 4.74 Å². The molecule has 0 aromatic carbocycles. The van der Waals surface area contributed by atoms with E-state index in [0.29, 0.717) is 11.5 Å². The van der Waals surface area contributed by atoms with Gasteiger partial charge in [-0.2, -0.15) is 4.98 Å². The Kier molecular flexibility index (Phi) is 2.18. The fourth-order valence-corrected chi connectivity index (χ4v) is 1.78. The Balaban J connectivity index is 1.82. The van der Waals surface area contributed by atoms with Gasteiger partial charge in [-0.1, -0.05) is 0 Å². The van der Waals surface area contributed by atoms with Gasteiger partial charge in [-0.15, -0.1) is 0 Å². The first-order valence-corrected chi connectivity index (χ1v) is 5.31. The largest absolute Gasteiger partial charge is 0.474 e. The van der Waals surface area contributed by atoms with Crippen LogP contribution in [0.4, 0.5) is 0 Å². The molecule has 1 aliphatic rings. The van der Waals surface area contributed by atoms with E-state index in [4.69, 9.17) is 10.5 Å². The number of ether oxygens (including phenoxy) is 1. The Labute approximate surface area is 92.7 Å². The molecule has 16 heavy (non-hydrogen) atoms. The minimum absolute atomic E-state index is 0.205. The summed E-state index contributed by atoms with van der Waals surface area (Å²) in [6, 6.07) is 3.97. The van der Waals surface area contributed by atoms with Crippen LogP contribution >= 0.6 is 0 Å². The maximum absolute atomic E-state index is 5.69. The fraction of sp³-hybridized carbons (Fsp3) is 0.364. The molecule has 1 aliphatic carbocycles. The number of nitrogens with zero attached hydrogens (tertiary/aromatic N) is 3. The fourth-order valence-electron chi connectivity index (χ4n) is 1.78. The summed E-state index contributed by atoms with van der Waals surface area (Å²) in [7, 11) is 0. The molecular formula is C11H12N4O. The van der Waals surface area contributed by atoms with Crippen molar-refractivity contribution in [3.05, 3.63) is 24.5 Å². The quantitative estimate of drug-likeness (QED) is 0.807. The van der Waals surface area contributed by atoms with Crippen LogP contribution in [0.15, 0.2) is 24.5 Å². The van der Waals surface area contributed by atoms with E-state index in [1.807, 2.05) is 12.1 Å². The van der Waals surface area contributed by atoms with Crippen molar-refractivity contribution in [1.29, 1.82) is 0 Å². The number of hydrogen-bond acceptors (Lipinski definition) is 5. The molecule has 0 aliphatic heterocycles. The summed E-state index contributed by atoms with van der Waals surface area (Å²) in [6.07, 6.45) is 5.28. The lowest BCUT2D eigenvalue weighted by atomic mass is 9.90. The third-order valence-corrected chi connectivity index (χ3v) is 2.72. The van der Waals surface area contributed by atoms with Crippen molar-refractivity contribution in [3.63, 3.8) is 0 Å². The summed E-state index contributed by atoms with van der Waals surface area (Å²) in [5.74, 6) is 0.602. The molecule has 5 heteroatoms. The van der Waals surface area contributed by atoms with E-state index >= 15 is 0 Å². The third-order valence-electron chi connectivity index (χ3n) is 2.72. The van der Waals surface area contributed by atoms with Crippen molar-refractivity contribution in [2.24, 2.45) is 5.73 Å². The zero-order valence-corrected chi connectivity index (χ0v) is 8.71. The summed E-state index contributed by atoms with van der Waals surface area (Å²) in [5.41, 5.74) is 7.08. The van der Waals surface area contributed by atoms with Crippen LogP contribution in [-0.4, -0.2) is 27.1 Å². The molecule has 0 spiro atoms. The second kappa shape index (κ2) is 3.68. The highest BCUT2D eigenvalue weighted by Gasteiger charge is 2.27. The standard InChI is InChI=1S/C11H12N4O/c12-7-5-8(6-7)16-10-2-1-9-11(15-10)14-4-3-13-9/h1-4,7-8H,5-6,12H2. The van der Waals surface area contributed by atoms with Crippen LogP contribution in [0.1, 0.15) is 12.8 Å². The molecule has 2 N–H and O–H groups in total. The SMILES string of the molecule is NC1CC(Oc2ccc3nccnc3n2)C1. The normalized spacial score (nSPS) is 24.1. The number of hydrogen-bond donors (Lipinski definition) is 1. The highest BCUT2D eigenvalue weighted by molar-refractivity contribution is 5.69. The molecule has 1 fully saturated rings. The van der Waals surface area contributed by atoms with Gasteiger partial charge in [0.2, 0.25) is 5.88 Å². The predicted octanol–water partition coefficient (Wildman–Crippen LogP) is 0.893. The van der Waals surface area contributed by atoms with E-state index in [-0.39, 0.29) is 12.1 Å². The first-order valence-electron chi connectivity index (χ1n) is 5.31. The van der Waals surface area contributed by atoms with E-state index in [1.54, 1.807) is 12.4 Å². The molecule has 0 amide bonds. The summed E-state index contributed by atoms with van der Waals surface area (Å²) in [6.45, 7) is 0. The van der Waals surface area contributed by atoms with Gasteiger partial charge in [0.15, 0.2) is 5.65 Å². The van der Waals surface area contributed by atoms with E-state index in [2.05, 4.69) is 15.0 Å². The number of aromatic nitrogens is 3. The topological polar surface area (TPSA) is 73.9 Å². The van der Waals surface area contributed by atoms with Crippen molar-refractivity contribution >= 4 is 11.2 Å². The lowest BCUT2D eigenvalue weighted by Crippen LogP contribution is -2.43. The Hall–Kier alpha value is -1.75. The predicted molar refractivity (Wildman–Crippen MR) is 59.0 cm³/mol. The first kappa shape index (κ1) is 9.47. The molecule has 2 heterocycles. The summed E-state index contributed by atoms with van der Waals surface area (Å²) in [4.78, 5) is 12.6. The van der Waals surface area contributed by atoms with Crippen LogP contribution in [0.3, 0.4) is 0 Å². The summed E-state index contributed by atoms with van der Waals surface area (Å²) >= 11 is 0. The van der Waals surface area contributed by atoms with Crippen molar-refractivity contribution in [2.75, 3.05) is 0 Å². The minimum Gasteiger partial charge on any atom is -0.474 e. The third kappa shape index (κ3) is 1.69. The maximum Gasteiger partial charge on any atom is 0.215 e. The van der Waals surface area contributed by atoms with Gasteiger partial charge < -0.3 is 10.5 Å². The van der Waals surface area contributed by atoms with Crippen LogP contribution in [0.5, 0.6) is 5.88 Å². The van der Waals surface area contributed by atoms with E-state index < -0.39 is 0 Å². The molecule has 0 saturated heterocycles. The second-order valence-electron chi connectivity index (χ2n) is 4.02. The van der Waals surface area contributed by atoms with Crippen LogP contribution in [-0.2, 0) is 0 Å². The molecule has 2 aromatic rings. The molecule has 1 saturated carbocycles. The van der Waals surface area contributed by atoms with Crippen molar-refractivity contribution in [2.45, 2.75) is 25.0 Å².